The van der Waals surface area contributed by atoms with E-state index in [1.807, 2.05) is 37.9 Å². The van der Waals surface area contributed by atoms with Gasteiger partial charge in [-0.05, 0) is 68.4 Å². The minimum absolute atomic E-state index is 0.132. The molecule has 2 fully saturated rings. The van der Waals surface area contributed by atoms with Crippen molar-refractivity contribution in [3.63, 3.8) is 0 Å². The zero-order valence-electron chi connectivity index (χ0n) is 22.4. The summed E-state index contributed by atoms with van der Waals surface area (Å²) in [5, 5.41) is 5.84. The summed E-state index contributed by atoms with van der Waals surface area (Å²) >= 11 is 1.87. The molecule has 4 rings (SSSR count). The fourth-order valence-electron chi connectivity index (χ4n) is 4.85. The number of anilines is 1. The quantitative estimate of drug-likeness (QED) is 0.237. The van der Waals surface area contributed by atoms with Gasteiger partial charge in [-0.15, -0.1) is 0 Å². The number of carbonyl (C=O) groups is 2. The molecule has 2 heterocycles. The smallest absolute Gasteiger partial charge is 0.256 e. The fraction of sp³-hybridized carbons (Fsp3) is 0.607. The lowest BCUT2D eigenvalue weighted by Crippen LogP contribution is -2.47. The molecule has 2 N–H and O–H groups in total. The van der Waals surface area contributed by atoms with Gasteiger partial charge in [-0.2, -0.15) is 0 Å². The average molecular weight is 537 g/mol. The van der Waals surface area contributed by atoms with Crippen LogP contribution in [0.15, 0.2) is 35.8 Å². The number of hydrogen-bond donors (Lipinski definition) is 2. The number of aryl methyl sites for hydroxylation is 2. The summed E-state index contributed by atoms with van der Waals surface area (Å²) in [5.41, 5.74) is 2.83. The molecule has 1 saturated carbocycles. The van der Waals surface area contributed by atoms with E-state index >= 15 is 0 Å². The third-order valence-corrected chi connectivity index (χ3v) is 8.05. The highest BCUT2D eigenvalue weighted by Gasteiger charge is 2.46. The van der Waals surface area contributed by atoms with Crippen molar-refractivity contribution in [2.45, 2.75) is 84.1 Å². The number of nitrogens with one attached hydrogen (secondary N) is 2. The molecule has 0 bridgehead atoms. The predicted molar refractivity (Wildman–Crippen MR) is 150 cm³/mol. The Balaban J connectivity index is 0.000000617. The number of amidine groups is 1. The summed E-state index contributed by atoms with van der Waals surface area (Å²) in [4.78, 5) is 28.3. The number of carbonyl (C=O) groups excluding carboxylic acids is 2. The Hall–Kier alpha value is -2.26. The summed E-state index contributed by atoms with van der Waals surface area (Å²) in [6.45, 7) is 10.7. The molecule has 0 radical (unpaired) electrons. The molecule has 37 heavy (non-hydrogen) atoms. The summed E-state index contributed by atoms with van der Waals surface area (Å²) in [5.74, 6) is 2.58. The van der Waals surface area contributed by atoms with Gasteiger partial charge in [0, 0.05) is 30.4 Å². The number of benzene rings is 1. The Morgan fingerprint density at radius 3 is 2.46 bits per heavy atom. The molecule has 0 aromatic heterocycles. The molecule has 1 aromatic carbocycles. The van der Waals surface area contributed by atoms with E-state index < -0.39 is 12.0 Å². The van der Waals surface area contributed by atoms with E-state index in [1.165, 1.54) is 43.2 Å². The Kier molecular flexibility index (Phi) is 13.3. The summed E-state index contributed by atoms with van der Waals surface area (Å²) < 4.78 is 23.7. The molecular formula is C28H42F2N4O2S. The first-order chi connectivity index (χ1) is 17.9. The third-order valence-electron chi connectivity index (χ3n) is 6.93. The summed E-state index contributed by atoms with van der Waals surface area (Å²) in [6, 6.07) is 6.06. The molecule has 1 saturated heterocycles. The highest BCUT2D eigenvalue weighted by molar-refractivity contribution is 7.97. The van der Waals surface area contributed by atoms with Crippen molar-refractivity contribution in [2.24, 2.45) is 10.9 Å². The Morgan fingerprint density at radius 2 is 1.89 bits per heavy atom. The van der Waals surface area contributed by atoms with Crippen LogP contribution in [-0.4, -0.2) is 53.3 Å². The lowest BCUT2D eigenvalue weighted by molar-refractivity contribution is -0.124. The molecule has 0 atom stereocenters. The van der Waals surface area contributed by atoms with Crippen molar-refractivity contribution in [1.82, 2.24) is 9.62 Å². The molecule has 206 valence electrons. The van der Waals surface area contributed by atoms with Crippen LogP contribution in [0, 0.1) is 12.8 Å². The van der Waals surface area contributed by atoms with Gasteiger partial charge in [0.05, 0.1) is 0 Å². The second kappa shape index (κ2) is 15.9. The second-order valence-corrected chi connectivity index (χ2v) is 10.5. The number of aliphatic imine (C=N–C) groups is 1. The van der Waals surface area contributed by atoms with E-state index in [1.54, 1.807) is 0 Å². The first-order valence-electron chi connectivity index (χ1n) is 13.4. The zero-order valence-corrected chi connectivity index (χ0v) is 23.2. The number of rotatable bonds is 8. The van der Waals surface area contributed by atoms with Crippen LogP contribution < -0.4 is 10.6 Å². The van der Waals surface area contributed by atoms with Crippen molar-refractivity contribution in [2.75, 3.05) is 24.2 Å². The lowest BCUT2D eigenvalue weighted by atomic mass is 9.88. The molecule has 2 aliphatic heterocycles. The second-order valence-electron chi connectivity index (χ2n) is 9.30. The predicted octanol–water partition coefficient (Wildman–Crippen LogP) is 6.16. The monoisotopic (exact) mass is 536 g/mol. The van der Waals surface area contributed by atoms with Gasteiger partial charge in [0.2, 0.25) is 6.41 Å². The molecular weight excluding hydrogens is 494 g/mol. The Morgan fingerprint density at radius 1 is 1.24 bits per heavy atom. The van der Waals surface area contributed by atoms with Gasteiger partial charge >= 0.3 is 0 Å². The van der Waals surface area contributed by atoms with Crippen LogP contribution in [0.3, 0.4) is 0 Å². The Labute approximate surface area is 224 Å². The van der Waals surface area contributed by atoms with Gasteiger partial charge in [0.25, 0.3) is 12.3 Å². The molecule has 2 amide bonds. The van der Waals surface area contributed by atoms with Gasteiger partial charge < -0.3 is 10.6 Å². The van der Waals surface area contributed by atoms with Crippen LogP contribution in [0.1, 0.15) is 69.9 Å². The topological polar surface area (TPSA) is 73.8 Å². The number of hydrogen-bond acceptors (Lipinski definition) is 5. The molecule has 6 nitrogen and oxygen atoms in total. The summed E-state index contributed by atoms with van der Waals surface area (Å²) in [7, 11) is 0. The standard InChI is InChI=1S/C23H32N4O2S.C3H4F2.C2H6/c1-17-15-20(24-16-28)8-7-18(17)9-14-30-27-12-10-23(11-13-27)22(29)25-21(26-23)19-5-3-2-4-6-19;1-2-3(4)5;1-2/h7-8,15-16,19H,2-6,9-14H2,1H3,(H,24,28)(H,25,26,29);2-3H,1H2;1-2H3. The van der Waals surface area contributed by atoms with Gasteiger partial charge in [-0.3, -0.25) is 18.9 Å². The van der Waals surface area contributed by atoms with E-state index in [2.05, 4.69) is 34.5 Å². The van der Waals surface area contributed by atoms with Crippen molar-refractivity contribution < 1.29 is 18.4 Å². The maximum Gasteiger partial charge on any atom is 0.256 e. The van der Waals surface area contributed by atoms with Crippen LogP contribution in [0.5, 0.6) is 0 Å². The Bertz CT molecular complexity index is 911. The van der Waals surface area contributed by atoms with Crippen LogP contribution >= 0.6 is 11.9 Å². The largest absolute Gasteiger partial charge is 0.329 e. The minimum Gasteiger partial charge on any atom is -0.329 e. The zero-order chi connectivity index (χ0) is 27.3. The first kappa shape index (κ1) is 31.0. The highest BCUT2D eigenvalue weighted by atomic mass is 32.2. The normalized spacial score (nSPS) is 19.2. The third kappa shape index (κ3) is 9.21. The van der Waals surface area contributed by atoms with Gasteiger partial charge in [0.1, 0.15) is 11.4 Å². The van der Waals surface area contributed by atoms with E-state index in [0.717, 1.165) is 49.6 Å². The van der Waals surface area contributed by atoms with Crippen LogP contribution in [0.2, 0.25) is 0 Å². The van der Waals surface area contributed by atoms with E-state index in [0.29, 0.717) is 18.4 Å². The number of alkyl halides is 2. The molecule has 9 heteroatoms. The maximum atomic E-state index is 12.7. The van der Waals surface area contributed by atoms with Crippen LogP contribution in [-0.2, 0) is 16.0 Å². The van der Waals surface area contributed by atoms with E-state index in [9.17, 15) is 18.4 Å². The molecule has 3 aliphatic rings. The number of amides is 2. The summed E-state index contributed by atoms with van der Waals surface area (Å²) in [6.07, 6.45) is 7.72. The molecule has 0 unspecified atom stereocenters. The van der Waals surface area contributed by atoms with E-state index in [-0.39, 0.29) is 5.91 Å². The first-order valence-corrected chi connectivity index (χ1v) is 14.3. The maximum absolute atomic E-state index is 12.7. The number of allylic oxidation sites excluding steroid dienone is 1. The minimum atomic E-state index is -2.35. The van der Waals surface area contributed by atoms with Gasteiger partial charge in [0.15, 0.2) is 0 Å². The van der Waals surface area contributed by atoms with Crippen LogP contribution in [0.4, 0.5) is 14.5 Å². The SMILES string of the molecule is C=CC(F)F.CC.Cc1cc(NC=O)ccc1CCSN1CCC2(CC1)N=C(C1CCCCC1)NC2=O. The molecule has 1 aliphatic carbocycles. The van der Waals surface area contributed by atoms with Crippen LogP contribution in [0.25, 0.3) is 0 Å². The highest BCUT2D eigenvalue weighted by Crippen LogP contribution is 2.35. The fourth-order valence-corrected chi connectivity index (χ4v) is 5.86. The molecule has 1 aromatic rings. The van der Waals surface area contributed by atoms with Gasteiger partial charge in [-0.25, -0.2) is 8.78 Å². The molecule has 1 spiro atoms. The van der Waals surface area contributed by atoms with Crippen molar-refractivity contribution in [3.8, 4) is 0 Å². The number of nitrogens with zero attached hydrogens (tertiary/aromatic N) is 2. The van der Waals surface area contributed by atoms with Crippen molar-refractivity contribution >= 4 is 35.8 Å². The number of piperidine rings is 1. The van der Waals surface area contributed by atoms with Crippen molar-refractivity contribution in [1.29, 1.82) is 0 Å². The van der Waals surface area contributed by atoms with Crippen molar-refractivity contribution in [3.05, 3.63) is 42.0 Å². The average Bonchev–Trinajstić information content (AvgIpc) is 3.24. The van der Waals surface area contributed by atoms with E-state index in [4.69, 9.17) is 4.99 Å². The lowest BCUT2D eigenvalue weighted by Gasteiger charge is -2.34. The number of halogens is 2. The van der Waals surface area contributed by atoms with Gasteiger partial charge in [-0.1, -0.05) is 57.7 Å².